The first kappa shape index (κ1) is 41.4. The summed E-state index contributed by atoms with van der Waals surface area (Å²) in [6.45, 7) is 5.47. The van der Waals surface area contributed by atoms with Crippen LogP contribution >= 0.6 is 34.7 Å². The van der Waals surface area contributed by atoms with E-state index in [1.807, 2.05) is 0 Å². The number of carboxylic acid groups (broad SMARTS) is 1. The molecule has 0 unspecified atom stereocenters. The number of nitrogens with one attached hydrogen (secondary N) is 1. The number of phenolic OH excluding ortho intramolecular Hbond substituents is 2. The van der Waals surface area contributed by atoms with E-state index in [9.17, 15) is 34.5 Å². The molecule has 2 fully saturated rings. The van der Waals surface area contributed by atoms with Gasteiger partial charge in [-0.2, -0.15) is 5.21 Å². The van der Waals surface area contributed by atoms with Gasteiger partial charge in [0.25, 0.3) is 5.91 Å². The number of quaternary nitrogens is 1. The number of thioether (sulfide) groups is 1. The zero-order valence-electron chi connectivity index (χ0n) is 29.7. The molecule has 2 atom stereocenters. The van der Waals surface area contributed by atoms with E-state index < -0.39 is 46.1 Å². The fraction of sp³-hybridized carbons (Fsp3) is 0.469. The first-order valence-electron chi connectivity index (χ1n) is 16.6. The fourth-order valence-corrected chi connectivity index (χ4v) is 8.80. The number of hydrogen-bond acceptors (Lipinski definition) is 16. The van der Waals surface area contributed by atoms with Crippen molar-refractivity contribution in [3.8, 4) is 11.5 Å². The Bertz CT molecular complexity index is 1990. The van der Waals surface area contributed by atoms with Gasteiger partial charge in [0.1, 0.15) is 12.2 Å². The molecule has 2 saturated heterocycles. The number of piperidine rings is 1. The van der Waals surface area contributed by atoms with Crippen LogP contribution in [0, 0.1) is 5.92 Å². The number of carbonyl (C=O) groups excluding carboxylic acids is 4. The molecule has 0 spiro atoms. The summed E-state index contributed by atoms with van der Waals surface area (Å²) >= 11 is 8.67. The van der Waals surface area contributed by atoms with Crippen molar-refractivity contribution >= 4 is 74.8 Å². The van der Waals surface area contributed by atoms with Crippen LogP contribution in [-0.4, -0.2) is 119 Å². The van der Waals surface area contributed by atoms with Crippen molar-refractivity contribution in [2.75, 3.05) is 44.2 Å². The number of oxime groups is 1. The Kier molecular flexibility index (Phi) is 13.0. The molecule has 0 saturated carbocycles. The molecule has 54 heavy (non-hydrogen) atoms. The van der Waals surface area contributed by atoms with E-state index in [-0.39, 0.29) is 81.4 Å². The van der Waals surface area contributed by atoms with Gasteiger partial charge in [0.2, 0.25) is 5.91 Å². The topological polar surface area (TPSA) is 260 Å². The molecule has 3 aliphatic heterocycles. The number of hydrogen-bond donors (Lipinski definition) is 4. The Morgan fingerprint density at radius 3 is 2.63 bits per heavy atom. The normalized spacial score (nSPS) is 19.7. The van der Waals surface area contributed by atoms with Gasteiger partial charge in [-0.05, 0) is 45.2 Å². The summed E-state index contributed by atoms with van der Waals surface area (Å²) in [7, 11) is 0. The molecule has 0 aliphatic carbocycles. The van der Waals surface area contributed by atoms with Crippen LogP contribution in [0.15, 0.2) is 28.2 Å². The number of carboxylic acids is 1. The molecule has 3 aromatic rings. The van der Waals surface area contributed by atoms with Gasteiger partial charge in [0, 0.05) is 23.1 Å². The molecule has 22 heteroatoms. The average molecular weight is 811 g/mol. The minimum Gasteiger partial charge on any atom is -0.546 e. The van der Waals surface area contributed by atoms with Gasteiger partial charge in [-0.25, -0.2) is 4.98 Å². The van der Waals surface area contributed by atoms with Gasteiger partial charge >= 0.3 is 29.6 Å². The number of anilines is 1. The molecular weight excluding hydrogens is 775 g/mol. The Labute approximate surface area is 344 Å². The summed E-state index contributed by atoms with van der Waals surface area (Å²) < 4.78 is 0.614. The minimum atomic E-state index is -1.85. The van der Waals surface area contributed by atoms with Crippen LogP contribution < -0.4 is 50.8 Å². The van der Waals surface area contributed by atoms with E-state index in [0.29, 0.717) is 29.0 Å². The zero-order valence-corrected chi connectivity index (χ0v) is 34.0. The number of nitrogens with zero attached hydrogens (tertiary/aromatic N) is 8. The van der Waals surface area contributed by atoms with E-state index in [4.69, 9.17) is 22.2 Å². The van der Waals surface area contributed by atoms with Gasteiger partial charge in [0.05, 0.1) is 65.5 Å². The summed E-state index contributed by atoms with van der Waals surface area (Å²) in [5, 5.41) is 54.4. The molecule has 5 N–H and O–H groups in total. The van der Waals surface area contributed by atoms with Gasteiger partial charge in [-0.15, -0.1) is 23.1 Å². The molecular formula is C32H36ClN10NaO8S2. The van der Waals surface area contributed by atoms with Crippen LogP contribution in [0.5, 0.6) is 11.5 Å². The Balaban J connectivity index is 0.00000561. The number of nitrogens with two attached hydrogens (primary N) is 1. The molecule has 2 amide bonds. The van der Waals surface area contributed by atoms with Crippen LogP contribution in [0.3, 0.4) is 0 Å². The number of aromatic hydroxyl groups is 2. The van der Waals surface area contributed by atoms with E-state index in [2.05, 4.69) is 36.1 Å². The third-order valence-corrected chi connectivity index (χ3v) is 11.9. The molecule has 3 aliphatic rings. The molecule has 0 bridgehead atoms. The van der Waals surface area contributed by atoms with Crippen LogP contribution in [0.25, 0.3) is 5.70 Å². The third-order valence-electron chi connectivity index (χ3n) is 9.48. The summed E-state index contributed by atoms with van der Waals surface area (Å²) in [4.78, 5) is 63.0. The predicted octanol–water partition coefficient (Wildman–Crippen LogP) is -2.48. The van der Waals surface area contributed by atoms with Crippen LogP contribution in [-0.2, 0) is 19.2 Å². The van der Waals surface area contributed by atoms with E-state index >= 15 is 0 Å². The molecule has 2 aromatic heterocycles. The number of halogens is 1. The second-order valence-corrected chi connectivity index (χ2v) is 15.9. The molecule has 282 valence electrons. The SMILES string of the molecule is CC(C)(O/N=C(\C(=O)C[C@@H]1C(=O)N2C(c3nnn[n-]3)=C(C[N+]3(CCNC(=O)c4ccc(O)c(O)c4Cl)CCCCC3)CS[C@H]12)c1csc(N)n1)C(=O)[O-].[Na+]. The first-order valence-corrected chi connectivity index (χ1v) is 18.9. The van der Waals surface area contributed by atoms with E-state index in [1.54, 1.807) is 4.90 Å². The maximum absolute atomic E-state index is 13.9. The van der Waals surface area contributed by atoms with E-state index in [0.717, 1.165) is 49.3 Å². The van der Waals surface area contributed by atoms with Crippen LogP contribution in [0.2, 0.25) is 5.02 Å². The number of amides is 2. The monoisotopic (exact) mass is 810 g/mol. The van der Waals surface area contributed by atoms with Gasteiger partial charge in [-0.1, -0.05) is 16.8 Å². The second kappa shape index (κ2) is 16.9. The second-order valence-electron chi connectivity index (χ2n) is 13.5. The van der Waals surface area contributed by atoms with Gasteiger partial charge < -0.3 is 45.6 Å². The van der Waals surface area contributed by atoms with Crippen LogP contribution in [0.1, 0.15) is 61.4 Å². The number of ketones is 1. The minimum absolute atomic E-state index is 0. The van der Waals surface area contributed by atoms with Crippen molar-refractivity contribution in [3.63, 3.8) is 0 Å². The Morgan fingerprint density at radius 1 is 1.24 bits per heavy atom. The third kappa shape index (κ3) is 8.53. The largest absolute Gasteiger partial charge is 1.00 e. The first-order chi connectivity index (χ1) is 25.2. The molecule has 6 rings (SSSR count). The number of carbonyl (C=O) groups is 4. The fourth-order valence-electron chi connectivity index (χ4n) is 6.60. The number of likely N-dealkylation sites (tertiary alicyclic amines) is 1. The maximum atomic E-state index is 13.9. The standard InChI is InChI=1S/C32H37ClN10O8S2.Na/c1-32(2,30(49)50)51-39-23(19-15-53-31(34)36-19)21(45)12-18-28(48)42-24(26-37-40-41-38-26)16(14-52-29(18)42)13-43(9-4-3-5-10-43)11-8-35-27(47)17-6-7-20(44)25(46)22(17)33;/h6-7,15,18,29H,3-5,8-14H2,1-2H3,(H6-,34,35,36,37,38,39,40,41,44,45,46,47,49,50);/q;+1/p-1/t18-,29-;/m1./s1. The quantitative estimate of drug-likeness (QED) is 0.0328. The zero-order chi connectivity index (χ0) is 38.1. The average Bonchev–Trinajstić information content (AvgIpc) is 3.82. The van der Waals surface area contributed by atoms with Crippen molar-refractivity contribution in [2.24, 2.45) is 11.1 Å². The van der Waals surface area contributed by atoms with Crippen molar-refractivity contribution in [3.05, 3.63) is 45.2 Å². The number of nitrogen functional groups attached to an aromatic ring is 1. The number of tetrazole rings is 1. The smallest absolute Gasteiger partial charge is 0.546 e. The number of phenols is 2. The maximum Gasteiger partial charge on any atom is 1.00 e. The van der Waals surface area contributed by atoms with Gasteiger partial charge in [-0.3, -0.25) is 29.6 Å². The molecule has 0 radical (unpaired) electrons. The number of fused-ring (bicyclic) bond motifs is 1. The number of benzene rings is 1. The Morgan fingerprint density at radius 2 is 1.98 bits per heavy atom. The number of rotatable bonds is 14. The van der Waals surface area contributed by atoms with Gasteiger partial charge in [0.15, 0.2) is 33.7 Å². The van der Waals surface area contributed by atoms with E-state index in [1.165, 1.54) is 43.1 Å². The summed E-state index contributed by atoms with van der Waals surface area (Å²) in [5.41, 5.74) is 5.19. The molecule has 18 nitrogen and oxygen atoms in total. The number of aliphatic carboxylic acids is 1. The number of aromatic nitrogens is 5. The van der Waals surface area contributed by atoms with Crippen LogP contribution in [0.4, 0.5) is 5.13 Å². The number of β-lactam (4-membered cyclic amide) rings is 1. The van der Waals surface area contributed by atoms with Crippen molar-refractivity contribution in [1.82, 2.24) is 35.8 Å². The molecule has 5 heterocycles. The number of Topliss-reactive ketones (excluding diaryl/α,β-unsaturated/α-hetero) is 1. The Hall–Kier alpha value is -3.79. The summed E-state index contributed by atoms with van der Waals surface area (Å²) in [6, 6.07) is 2.54. The van der Waals surface area contributed by atoms with Crippen molar-refractivity contribution in [1.29, 1.82) is 0 Å². The summed E-state index contributed by atoms with van der Waals surface area (Å²) in [6.07, 6.45) is 2.73. The predicted molar refractivity (Wildman–Crippen MR) is 190 cm³/mol. The van der Waals surface area contributed by atoms with Crippen molar-refractivity contribution < 1.29 is 73.4 Å². The number of thiazole rings is 1. The summed E-state index contributed by atoms with van der Waals surface area (Å²) in [5.74, 6) is -4.03. The molecule has 1 aromatic carbocycles. The van der Waals surface area contributed by atoms with Crippen molar-refractivity contribution in [2.45, 2.75) is 50.5 Å².